The molecule has 2 aromatic rings. The van der Waals surface area contributed by atoms with Gasteiger partial charge < -0.3 is 9.47 Å². The van der Waals surface area contributed by atoms with Crippen molar-refractivity contribution >= 4 is 57.2 Å². The highest BCUT2D eigenvalue weighted by atomic mass is 127. The van der Waals surface area contributed by atoms with Gasteiger partial charge in [-0.15, -0.1) is 0 Å². The normalized spacial score (nSPS) is 20.9. The first kappa shape index (κ1) is 28.9. The van der Waals surface area contributed by atoms with E-state index in [1.807, 2.05) is 23.1 Å². The number of benzene rings is 2. The molecular formula is C30H34IN3O5S. The molecule has 0 aromatic heterocycles. The molecule has 2 aromatic carbocycles. The summed E-state index contributed by atoms with van der Waals surface area (Å²) in [6.45, 7) is 0.167. The van der Waals surface area contributed by atoms with Gasteiger partial charge in [0.25, 0.3) is 11.6 Å². The summed E-state index contributed by atoms with van der Waals surface area (Å²) in [5, 5.41) is 12.0. The fourth-order valence-corrected chi connectivity index (χ4v) is 7.52. The van der Waals surface area contributed by atoms with Crippen molar-refractivity contribution in [3.63, 3.8) is 0 Å². The molecule has 0 radical (unpaired) electrons. The number of ether oxygens (including phenoxy) is 2. The van der Waals surface area contributed by atoms with Crippen molar-refractivity contribution < 1.29 is 19.2 Å². The number of carbonyl (C=O) groups excluding carboxylic acids is 1. The van der Waals surface area contributed by atoms with Crippen LogP contribution in [0.5, 0.6) is 11.5 Å². The monoisotopic (exact) mass is 675 g/mol. The minimum Gasteiger partial charge on any atom is -0.493 e. The van der Waals surface area contributed by atoms with Crippen LogP contribution in [0.4, 0.5) is 5.69 Å². The molecule has 3 fully saturated rings. The molecule has 1 aliphatic heterocycles. The first-order chi connectivity index (χ1) is 19.4. The van der Waals surface area contributed by atoms with Crippen LogP contribution in [0.15, 0.2) is 46.3 Å². The molecule has 1 amide bonds. The summed E-state index contributed by atoms with van der Waals surface area (Å²) in [6, 6.07) is 10.8. The Morgan fingerprint density at radius 3 is 2.52 bits per heavy atom. The van der Waals surface area contributed by atoms with Crippen LogP contribution in [0.25, 0.3) is 6.08 Å². The van der Waals surface area contributed by atoms with E-state index in [1.54, 1.807) is 19.2 Å². The molecule has 0 unspecified atom stereocenters. The Kier molecular flexibility index (Phi) is 9.67. The third-order valence-corrected chi connectivity index (χ3v) is 9.50. The number of amidine groups is 1. The lowest BCUT2D eigenvalue weighted by molar-refractivity contribution is -0.384. The number of thioether (sulfide) groups is 1. The molecular weight excluding hydrogens is 641 g/mol. The number of amides is 1. The predicted octanol–water partition coefficient (Wildman–Crippen LogP) is 7.72. The van der Waals surface area contributed by atoms with Crippen molar-refractivity contribution in [2.75, 3.05) is 7.11 Å². The largest absolute Gasteiger partial charge is 0.493 e. The van der Waals surface area contributed by atoms with Gasteiger partial charge in [0.15, 0.2) is 16.7 Å². The zero-order valence-electron chi connectivity index (χ0n) is 22.6. The van der Waals surface area contributed by atoms with E-state index in [0.717, 1.165) is 52.8 Å². The second-order valence-corrected chi connectivity index (χ2v) is 12.7. The fraction of sp³-hybridized carbons (Fsp3) is 0.467. The third-order valence-electron chi connectivity index (χ3n) is 7.70. The summed E-state index contributed by atoms with van der Waals surface area (Å²) in [5.74, 6) is 1.15. The first-order valence-electron chi connectivity index (χ1n) is 14.0. The van der Waals surface area contributed by atoms with E-state index in [4.69, 9.17) is 14.5 Å². The van der Waals surface area contributed by atoms with Gasteiger partial charge in [-0.1, -0.05) is 50.7 Å². The summed E-state index contributed by atoms with van der Waals surface area (Å²) < 4.78 is 12.5. The molecule has 40 heavy (non-hydrogen) atoms. The number of halogens is 1. The summed E-state index contributed by atoms with van der Waals surface area (Å²) in [5.41, 5.74) is 1.57. The average molecular weight is 676 g/mol. The van der Waals surface area contributed by atoms with E-state index in [0.29, 0.717) is 28.0 Å². The van der Waals surface area contributed by atoms with Crippen molar-refractivity contribution in [1.82, 2.24) is 4.90 Å². The average Bonchev–Trinajstić information content (AvgIpc) is 3.27. The van der Waals surface area contributed by atoms with Gasteiger partial charge in [-0.2, -0.15) is 0 Å². The maximum atomic E-state index is 13.8. The number of carbonyl (C=O) groups is 1. The standard InChI is InChI=1S/C30H34IN3O5S/c1-38-26-17-21(16-25(31)28(26)39-19-20-9-8-14-24(15-20)34(36)37)18-27-29(35)33(23-12-6-3-7-13-23)30(40-27)32-22-10-4-2-5-11-22/h8-9,14-18,22-23H,2-7,10-13,19H2,1H3. The molecule has 3 aliphatic rings. The Labute approximate surface area is 252 Å². The van der Waals surface area contributed by atoms with Crippen molar-refractivity contribution in [2.24, 2.45) is 4.99 Å². The van der Waals surface area contributed by atoms with Crippen LogP contribution < -0.4 is 9.47 Å². The number of methoxy groups -OCH3 is 1. The fourth-order valence-electron chi connectivity index (χ4n) is 5.63. The smallest absolute Gasteiger partial charge is 0.269 e. The van der Waals surface area contributed by atoms with Crippen molar-refractivity contribution in [2.45, 2.75) is 82.9 Å². The molecule has 0 spiro atoms. The molecule has 1 heterocycles. The van der Waals surface area contributed by atoms with Crippen LogP contribution in [0.1, 0.15) is 75.3 Å². The zero-order chi connectivity index (χ0) is 28.1. The molecule has 0 N–H and O–H groups in total. The zero-order valence-corrected chi connectivity index (χ0v) is 25.6. The molecule has 0 bridgehead atoms. The number of nitrogens with zero attached hydrogens (tertiary/aromatic N) is 3. The first-order valence-corrected chi connectivity index (χ1v) is 15.9. The number of rotatable bonds is 8. The second kappa shape index (κ2) is 13.4. The van der Waals surface area contributed by atoms with E-state index in [2.05, 4.69) is 22.6 Å². The quantitative estimate of drug-likeness (QED) is 0.123. The topological polar surface area (TPSA) is 94.3 Å². The minimum atomic E-state index is -0.418. The van der Waals surface area contributed by atoms with Crippen LogP contribution in [0, 0.1) is 13.7 Å². The number of hydrogen-bond acceptors (Lipinski definition) is 7. The highest BCUT2D eigenvalue weighted by Crippen LogP contribution is 2.40. The Bertz CT molecular complexity index is 1320. The lowest BCUT2D eigenvalue weighted by atomic mass is 9.94. The van der Waals surface area contributed by atoms with Crippen LogP contribution in [-0.2, 0) is 11.4 Å². The van der Waals surface area contributed by atoms with Crippen molar-refractivity contribution in [3.05, 3.63) is 66.1 Å². The SMILES string of the molecule is COc1cc(C=C2SC(=NC3CCCCC3)N(C3CCCCC3)C2=O)cc(I)c1OCc1cccc([N+](=O)[O-])c1. The Morgan fingerprint density at radius 1 is 1.10 bits per heavy atom. The summed E-state index contributed by atoms with van der Waals surface area (Å²) >= 11 is 3.70. The van der Waals surface area contributed by atoms with Crippen LogP contribution in [-0.4, -0.2) is 40.1 Å². The lowest BCUT2D eigenvalue weighted by Gasteiger charge is -2.31. The Morgan fingerprint density at radius 2 is 1.82 bits per heavy atom. The van der Waals surface area contributed by atoms with Gasteiger partial charge in [0.05, 0.1) is 26.6 Å². The predicted molar refractivity (Wildman–Crippen MR) is 167 cm³/mol. The van der Waals surface area contributed by atoms with E-state index >= 15 is 0 Å². The highest BCUT2D eigenvalue weighted by molar-refractivity contribution is 14.1. The number of nitro benzene ring substituents is 1. The maximum Gasteiger partial charge on any atom is 0.269 e. The molecule has 5 rings (SSSR count). The van der Waals surface area contributed by atoms with Crippen LogP contribution in [0.3, 0.4) is 0 Å². The number of nitro groups is 1. The molecule has 212 valence electrons. The van der Waals surface area contributed by atoms with Crippen molar-refractivity contribution in [1.29, 1.82) is 0 Å². The van der Waals surface area contributed by atoms with E-state index < -0.39 is 4.92 Å². The Balaban J connectivity index is 1.39. The number of aliphatic imine (C=N–C) groups is 1. The van der Waals surface area contributed by atoms with Gasteiger partial charge in [0, 0.05) is 18.2 Å². The third kappa shape index (κ3) is 6.82. The van der Waals surface area contributed by atoms with Crippen LogP contribution >= 0.6 is 34.4 Å². The maximum absolute atomic E-state index is 13.8. The van der Waals surface area contributed by atoms with Gasteiger partial charge in [-0.05, 0) is 89.4 Å². The summed E-state index contributed by atoms with van der Waals surface area (Å²) in [6.07, 6.45) is 13.4. The summed E-state index contributed by atoms with van der Waals surface area (Å²) in [7, 11) is 1.58. The van der Waals surface area contributed by atoms with Gasteiger partial charge >= 0.3 is 0 Å². The van der Waals surface area contributed by atoms with Crippen LogP contribution in [0.2, 0.25) is 0 Å². The molecule has 8 nitrogen and oxygen atoms in total. The molecule has 10 heteroatoms. The van der Waals surface area contributed by atoms with Gasteiger partial charge in [-0.3, -0.25) is 24.8 Å². The lowest BCUT2D eigenvalue weighted by Crippen LogP contribution is -2.41. The molecule has 2 aliphatic carbocycles. The minimum absolute atomic E-state index is 0.0251. The highest BCUT2D eigenvalue weighted by Gasteiger charge is 2.39. The molecule has 1 saturated heterocycles. The van der Waals surface area contributed by atoms with Gasteiger partial charge in [-0.25, -0.2) is 0 Å². The van der Waals surface area contributed by atoms with Crippen molar-refractivity contribution in [3.8, 4) is 11.5 Å². The molecule has 0 atom stereocenters. The molecule has 2 saturated carbocycles. The van der Waals surface area contributed by atoms with E-state index in [-0.39, 0.29) is 24.2 Å². The second-order valence-electron chi connectivity index (χ2n) is 10.5. The Hall–Kier alpha value is -2.60. The van der Waals surface area contributed by atoms with E-state index in [1.165, 1.54) is 49.6 Å². The summed E-state index contributed by atoms with van der Waals surface area (Å²) in [4.78, 5) is 32.2. The van der Waals surface area contributed by atoms with Gasteiger partial charge in [0.1, 0.15) is 6.61 Å². The van der Waals surface area contributed by atoms with E-state index in [9.17, 15) is 14.9 Å². The van der Waals surface area contributed by atoms with Gasteiger partial charge in [0.2, 0.25) is 0 Å². The number of non-ortho nitro benzene ring substituents is 1. The number of hydrogen-bond donors (Lipinski definition) is 0.